The molecule has 0 spiro atoms. The molecule has 1 saturated heterocycles. The number of ketones is 1. The number of hydrogen-bond donors (Lipinski definition) is 0. The summed E-state index contributed by atoms with van der Waals surface area (Å²) in [5.41, 5.74) is 4.16. The normalized spacial score (nSPS) is 21.8. The van der Waals surface area contributed by atoms with Crippen LogP contribution in [0.25, 0.3) is 0 Å². The van der Waals surface area contributed by atoms with Crippen LogP contribution in [0.2, 0.25) is 0 Å². The van der Waals surface area contributed by atoms with Crippen LogP contribution in [0.4, 0.5) is 0 Å². The van der Waals surface area contributed by atoms with Crippen molar-refractivity contribution >= 4 is 5.78 Å². The molecule has 0 radical (unpaired) electrons. The summed E-state index contributed by atoms with van der Waals surface area (Å²) >= 11 is 0. The Hall–Kier alpha value is -2.91. The van der Waals surface area contributed by atoms with E-state index in [2.05, 4.69) is 59.5 Å². The van der Waals surface area contributed by atoms with Crippen molar-refractivity contribution in [2.75, 3.05) is 20.2 Å². The fourth-order valence-corrected chi connectivity index (χ4v) is 5.66. The SMILES string of the molecule is COc1cccc(CN2CCC(C3(c4ccccc4)Cc4ccccc4C3=O)CC2)c1. The molecule has 1 heterocycles. The third-order valence-electron chi connectivity index (χ3n) is 7.25. The first-order valence-corrected chi connectivity index (χ1v) is 11.2. The van der Waals surface area contributed by atoms with Crippen LogP contribution in [0.5, 0.6) is 5.75 Å². The number of benzene rings is 3. The van der Waals surface area contributed by atoms with Gasteiger partial charge in [-0.25, -0.2) is 0 Å². The molecule has 5 rings (SSSR count). The molecule has 3 aromatic carbocycles. The summed E-state index contributed by atoms with van der Waals surface area (Å²) in [5, 5.41) is 0. The minimum absolute atomic E-state index is 0.320. The summed E-state index contributed by atoms with van der Waals surface area (Å²) in [5.74, 6) is 1.58. The number of nitrogens with zero attached hydrogens (tertiary/aromatic N) is 1. The number of Topliss-reactive ketones (excluding diaryl/α,β-unsaturated/α-hetero) is 1. The van der Waals surface area contributed by atoms with Gasteiger partial charge in [0.1, 0.15) is 5.75 Å². The second kappa shape index (κ2) is 8.32. The van der Waals surface area contributed by atoms with Crippen molar-refractivity contribution < 1.29 is 9.53 Å². The average molecular weight is 412 g/mol. The van der Waals surface area contributed by atoms with Crippen molar-refractivity contribution in [3.8, 4) is 5.75 Å². The zero-order valence-electron chi connectivity index (χ0n) is 18.1. The number of likely N-dealkylation sites (tertiary alicyclic amines) is 1. The molecule has 31 heavy (non-hydrogen) atoms. The van der Waals surface area contributed by atoms with Crippen LogP contribution in [0.1, 0.15) is 39.9 Å². The van der Waals surface area contributed by atoms with Gasteiger partial charge in [-0.15, -0.1) is 0 Å². The summed E-state index contributed by atoms with van der Waals surface area (Å²) in [4.78, 5) is 16.3. The highest BCUT2D eigenvalue weighted by Gasteiger charge is 2.52. The standard InChI is InChI=1S/C28H29NO2/c1-31-25-12-7-8-21(18-25)20-29-16-14-24(15-17-29)28(23-10-3-2-4-11-23)19-22-9-5-6-13-26(22)27(28)30/h2-13,18,24H,14-17,19-20H2,1H3. The molecule has 1 atom stereocenters. The van der Waals surface area contributed by atoms with Crippen LogP contribution in [-0.2, 0) is 18.4 Å². The molecule has 3 aromatic rings. The van der Waals surface area contributed by atoms with Gasteiger partial charge < -0.3 is 4.74 Å². The molecular formula is C28H29NO2. The highest BCUT2D eigenvalue weighted by Crippen LogP contribution is 2.48. The summed E-state index contributed by atoms with van der Waals surface area (Å²) in [7, 11) is 1.71. The van der Waals surface area contributed by atoms with Crippen molar-refractivity contribution in [1.82, 2.24) is 4.90 Å². The van der Waals surface area contributed by atoms with E-state index in [-0.39, 0.29) is 0 Å². The maximum Gasteiger partial charge on any atom is 0.174 e. The van der Waals surface area contributed by atoms with Crippen LogP contribution >= 0.6 is 0 Å². The van der Waals surface area contributed by atoms with Gasteiger partial charge in [0.2, 0.25) is 0 Å². The molecule has 3 heteroatoms. The topological polar surface area (TPSA) is 29.5 Å². The van der Waals surface area contributed by atoms with Gasteiger partial charge in [0, 0.05) is 12.1 Å². The van der Waals surface area contributed by atoms with Gasteiger partial charge in [0.25, 0.3) is 0 Å². The third-order valence-corrected chi connectivity index (χ3v) is 7.25. The van der Waals surface area contributed by atoms with Crippen LogP contribution < -0.4 is 4.74 Å². The number of piperidine rings is 1. The Morgan fingerprint density at radius 3 is 2.42 bits per heavy atom. The number of rotatable bonds is 5. The Kier molecular flexibility index (Phi) is 5.37. The number of hydrogen-bond acceptors (Lipinski definition) is 3. The maximum absolute atomic E-state index is 13.8. The Balaban J connectivity index is 1.38. The van der Waals surface area contributed by atoms with Crippen molar-refractivity contribution in [2.24, 2.45) is 5.92 Å². The summed E-state index contributed by atoms with van der Waals surface area (Å²) < 4.78 is 5.38. The molecular weight excluding hydrogens is 382 g/mol. The van der Waals surface area contributed by atoms with Gasteiger partial charge in [0.05, 0.1) is 12.5 Å². The molecule has 1 aliphatic carbocycles. The van der Waals surface area contributed by atoms with Crippen LogP contribution in [0.3, 0.4) is 0 Å². The Morgan fingerprint density at radius 2 is 1.68 bits per heavy atom. The molecule has 0 aromatic heterocycles. The Labute approximate surface area is 184 Å². The fourth-order valence-electron chi connectivity index (χ4n) is 5.66. The van der Waals surface area contributed by atoms with Crippen molar-refractivity contribution in [3.05, 3.63) is 101 Å². The molecule has 158 valence electrons. The van der Waals surface area contributed by atoms with Crippen LogP contribution in [-0.4, -0.2) is 30.9 Å². The van der Waals surface area contributed by atoms with E-state index in [1.54, 1.807) is 7.11 Å². The highest BCUT2D eigenvalue weighted by molar-refractivity contribution is 6.08. The number of methoxy groups -OCH3 is 1. The van der Waals surface area contributed by atoms with Crippen LogP contribution in [0, 0.1) is 5.92 Å². The Morgan fingerprint density at radius 1 is 0.935 bits per heavy atom. The second-order valence-corrected chi connectivity index (χ2v) is 8.90. The first kappa shape index (κ1) is 20.0. The van der Waals surface area contributed by atoms with Gasteiger partial charge in [-0.2, -0.15) is 0 Å². The molecule has 3 nitrogen and oxygen atoms in total. The fraction of sp³-hybridized carbons (Fsp3) is 0.321. The summed E-state index contributed by atoms with van der Waals surface area (Å²) in [6.45, 7) is 2.95. The monoisotopic (exact) mass is 411 g/mol. The van der Waals surface area contributed by atoms with E-state index < -0.39 is 5.41 Å². The zero-order valence-corrected chi connectivity index (χ0v) is 18.1. The molecule has 1 aliphatic heterocycles. The number of carbonyl (C=O) groups is 1. The quantitative estimate of drug-likeness (QED) is 0.572. The minimum Gasteiger partial charge on any atom is -0.497 e. The lowest BCUT2D eigenvalue weighted by Crippen LogP contribution is -2.47. The van der Waals surface area contributed by atoms with E-state index in [1.165, 1.54) is 16.7 Å². The first-order valence-electron chi connectivity index (χ1n) is 11.2. The summed E-state index contributed by atoms with van der Waals surface area (Å²) in [6.07, 6.45) is 2.91. The lowest BCUT2D eigenvalue weighted by Gasteiger charge is -2.42. The van der Waals surface area contributed by atoms with E-state index in [4.69, 9.17) is 4.74 Å². The number of carbonyl (C=O) groups excluding carboxylic acids is 1. The lowest BCUT2D eigenvalue weighted by molar-refractivity contribution is 0.0735. The van der Waals surface area contributed by atoms with E-state index in [9.17, 15) is 4.79 Å². The lowest BCUT2D eigenvalue weighted by atomic mass is 9.64. The third kappa shape index (κ3) is 3.57. The predicted octanol–water partition coefficient (Wildman–Crippen LogP) is 5.28. The highest BCUT2D eigenvalue weighted by atomic mass is 16.5. The molecule has 0 N–H and O–H groups in total. The van der Waals surface area contributed by atoms with Crippen molar-refractivity contribution in [1.29, 1.82) is 0 Å². The van der Waals surface area contributed by atoms with Gasteiger partial charge in [-0.05, 0) is 67.1 Å². The smallest absolute Gasteiger partial charge is 0.174 e. The largest absolute Gasteiger partial charge is 0.497 e. The maximum atomic E-state index is 13.8. The molecule has 0 bridgehead atoms. The van der Waals surface area contributed by atoms with Gasteiger partial charge in [-0.3, -0.25) is 9.69 Å². The zero-order chi connectivity index (χ0) is 21.3. The predicted molar refractivity (Wildman–Crippen MR) is 124 cm³/mol. The number of ether oxygens (including phenoxy) is 1. The molecule has 0 amide bonds. The van der Waals surface area contributed by atoms with Crippen molar-refractivity contribution in [3.63, 3.8) is 0 Å². The second-order valence-electron chi connectivity index (χ2n) is 8.90. The minimum atomic E-state index is -0.424. The first-order chi connectivity index (χ1) is 15.2. The van der Waals surface area contributed by atoms with E-state index in [0.29, 0.717) is 11.7 Å². The van der Waals surface area contributed by atoms with E-state index in [0.717, 1.165) is 50.2 Å². The molecule has 0 saturated carbocycles. The molecule has 1 fully saturated rings. The van der Waals surface area contributed by atoms with Crippen molar-refractivity contribution in [2.45, 2.75) is 31.2 Å². The Bertz CT molecular complexity index is 1070. The van der Waals surface area contributed by atoms with Gasteiger partial charge >= 0.3 is 0 Å². The van der Waals surface area contributed by atoms with Crippen LogP contribution in [0.15, 0.2) is 78.9 Å². The summed E-state index contributed by atoms with van der Waals surface area (Å²) in [6, 6.07) is 27.0. The molecule has 1 unspecified atom stereocenters. The van der Waals surface area contributed by atoms with E-state index >= 15 is 0 Å². The molecule has 2 aliphatic rings. The average Bonchev–Trinajstić information content (AvgIpc) is 3.14. The van der Waals surface area contributed by atoms with Gasteiger partial charge in [-0.1, -0.05) is 66.7 Å². The number of fused-ring (bicyclic) bond motifs is 1. The van der Waals surface area contributed by atoms with E-state index in [1.807, 2.05) is 24.3 Å². The van der Waals surface area contributed by atoms with Gasteiger partial charge in [0.15, 0.2) is 5.78 Å².